The van der Waals surface area contributed by atoms with Crippen molar-refractivity contribution in [2.75, 3.05) is 12.4 Å². The van der Waals surface area contributed by atoms with Gasteiger partial charge in [-0.05, 0) is 18.1 Å². The third-order valence-electron chi connectivity index (χ3n) is 2.49. The highest BCUT2D eigenvalue weighted by Gasteiger charge is 2.04. The van der Waals surface area contributed by atoms with Crippen LogP contribution in [0.25, 0.3) is 10.9 Å². The molecule has 0 fully saturated rings. The number of anilines is 1. The molecule has 2 aromatic rings. The fourth-order valence-corrected chi connectivity index (χ4v) is 1.76. The fourth-order valence-electron chi connectivity index (χ4n) is 1.76. The molecule has 0 spiro atoms. The molecule has 0 amide bonds. The quantitative estimate of drug-likeness (QED) is 0.780. The minimum Gasteiger partial charge on any atom is -0.386 e. The molecule has 2 rings (SSSR count). The number of aromatic nitrogens is 1. The molecular formula is C12H14N2. The Morgan fingerprint density at radius 2 is 2.14 bits per heavy atom. The van der Waals surface area contributed by atoms with Crippen LogP contribution in [0.1, 0.15) is 12.5 Å². The lowest BCUT2D eigenvalue weighted by atomic mass is 10.1. The molecule has 2 heteroatoms. The van der Waals surface area contributed by atoms with Crippen LogP contribution < -0.4 is 5.32 Å². The first-order chi connectivity index (χ1) is 6.86. The highest BCUT2D eigenvalue weighted by atomic mass is 14.9. The number of pyridine rings is 1. The molecule has 0 saturated carbocycles. The Balaban J connectivity index is 2.77. The van der Waals surface area contributed by atoms with Gasteiger partial charge in [-0.25, -0.2) is 0 Å². The van der Waals surface area contributed by atoms with Crippen LogP contribution in [-0.2, 0) is 6.42 Å². The van der Waals surface area contributed by atoms with Gasteiger partial charge in [-0.3, -0.25) is 4.98 Å². The maximum Gasteiger partial charge on any atom is 0.0935 e. The number of aryl methyl sites for hydroxylation is 1. The van der Waals surface area contributed by atoms with Crippen LogP contribution in [0.5, 0.6) is 0 Å². The van der Waals surface area contributed by atoms with Crippen molar-refractivity contribution in [1.29, 1.82) is 0 Å². The maximum absolute atomic E-state index is 4.40. The Morgan fingerprint density at radius 3 is 2.86 bits per heavy atom. The first kappa shape index (κ1) is 9.00. The van der Waals surface area contributed by atoms with E-state index < -0.39 is 0 Å². The van der Waals surface area contributed by atoms with E-state index in [4.69, 9.17) is 0 Å². The summed E-state index contributed by atoms with van der Waals surface area (Å²) >= 11 is 0. The van der Waals surface area contributed by atoms with E-state index in [1.165, 1.54) is 10.9 Å². The van der Waals surface area contributed by atoms with Gasteiger partial charge in [0.1, 0.15) is 0 Å². The van der Waals surface area contributed by atoms with E-state index in [0.717, 1.165) is 17.6 Å². The highest BCUT2D eigenvalue weighted by Crippen LogP contribution is 2.25. The first-order valence-corrected chi connectivity index (χ1v) is 4.91. The fraction of sp³-hybridized carbons (Fsp3) is 0.250. The zero-order valence-electron chi connectivity index (χ0n) is 8.54. The number of nitrogens with one attached hydrogen (secondary N) is 1. The first-order valence-electron chi connectivity index (χ1n) is 4.91. The number of hydrogen-bond donors (Lipinski definition) is 1. The molecule has 0 aliphatic heterocycles. The Labute approximate surface area is 84.0 Å². The van der Waals surface area contributed by atoms with Crippen LogP contribution in [0.4, 0.5) is 5.69 Å². The van der Waals surface area contributed by atoms with Crippen molar-refractivity contribution < 1.29 is 0 Å². The summed E-state index contributed by atoms with van der Waals surface area (Å²) in [5.74, 6) is 0. The molecule has 1 aromatic carbocycles. The zero-order chi connectivity index (χ0) is 9.97. The lowest BCUT2D eigenvalue weighted by Gasteiger charge is -2.09. The van der Waals surface area contributed by atoms with E-state index >= 15 is 0 Å². The highest BCUT2D eigenvalue weighted by molar-refractivity contribution is 5.91. The summed E-state index contributed by atoms with van der Waals surface area (Å²) < 4.78 is 0. The summed E-state index contributed by atoms with van der Waals surface area (Å²) in [6, 6.07) is 8.34. The molecule has 1 N–H and O–H groups in total. The second-order valence-corrected chi connectivity index (χ2v) is 3.28. The predicted octanol–water partition coefficient (Wildman–Crippen LogP) is 2.84. The van der Waals surface area contributed by atoms with Gasteiger partial charge in [-0.1, -0.05) is 25.1 Å². The monoisotopic (exact) mass is 186 g/mol. The van der Waals surface area contributed by atoms with Crippen molar-refractivity contribution in [3.63, 3.8) is 0 Å². The molecule has 1 heterocycles. The molecule has 0 atom stereocenters. The molecule has 0 aliphatic carbocycles. The predicted molar refractivity (Wildman–Crippen MR) is 60.7 cm³/mol. The summed E-state index contributed by atoms with van der Waals surface area (Å²) in [5, 5.41) is 4.42. The number of nitrogens with zero attached hydrogens (tertiary/aromatic N) is 1. The lowest BCUT2D eigenvalue weighted by molar-refractivity contribution is 1.14. The van der Waals surface area contributed by atoms with Crippen molar-refractivity contribution in [3.8, 4) is 0 Å². The van der Waals surface area contributed by atoms with Crippen LogP contribution in [-0.4, -0.2) is 12.0 Å². The molecule has 0 unspecified atom stereocenters. The SMILES string of the molecule is CCc1ccc2cccnc2c1NC. The van der Waals surface area contributed by atoms with E-state index in [2.05, 4.69) is 35.4 Å². The number of rotatable bonds is 2. The van der Waals surface area contributed by atoms with Gasteiger partial charge < -0.3 is 5.32 Å². The van der Waals surface area contributed by atoms with Crippen LogP contribution in [0.15, 0.2) is 30.5 Å². The summed E-state index contributed by atoms with van der Waals surface area (Å²) in [6.45, 7) is 2.16. The minimum atomic E-state index is 1.03. The maximum atomic E-state index is 4.40. The summed E-state index contributed by atoms with van der Waals surface area (Å²) in [4.78, 5) is 4.40. The number of benzene rings is 1. The molecule has 1 aromatic heterocycles. The molecule has 72 valence electrons. The summed E-state index contributed by atoms with van der Waals surface area (Å²) in [7, 11) is 1.95. The lowest BCUT2D eigenvalue weighted by Crippen LogP contribution is -1.96. The molecule has 2 nitrogen and oxygen atoms in total. The third kappa shape index (κ3) is 1.33. The third-order valence-corrected chi connectivity index (χ3v) is 2.49. The van der Waals surface area contributed by atoms with E-state index in [0.29, 0.717) is 0 Å². The van der Waals surface area contributed by atoms with Crippen LogP contribution >= 0.6 is 0 Å². The van der Waals surface area contributed by atoms with E-state index in [1.807, 2.05) is 19.3 Å². The largest absolute Gasteiger partial charge is 0.386 e. The second-order valence-electron chi connectivity index (χ2n) is 3.28. The minimum absolute atomic E-state index is 1.03. The van der Waals surface area contributed by atoms with Gasteiger partial charge in [0, 0.05) is 18.6 Å². The molecule has 0 bridgehead atoms. The summed E-state index contributed by atoms with van der Waals surface area (Å²) in [6.07, 6.45) is 2.87. The molecule has 0 saturated heterocycles. The Kier molecular flexibility index (Phi) is 2.35. The number of fused-ring (bicyclic) bond motifs is 1. The van der Waals surface area contributed by atoms with Crippen molar-refractivity contribution in [2.45, 2.75) is 13.3 Å². The average Bonchev–Trinajstić information content (AvgIpc) is 2.27. The van der Waals surface area contributed by atoms with Gasteiger partial charge in [0.15, 0.2) is 0 Å². The Morgan fingerprint density at radius 1 is 1.29 bits per heavy atom. The van der Waals surface area contributed by atoms with Gasteiger partial charge in [0.05, 0.1) is 11.2 Å². The molecule has 0 radical (unpaired) electrons. The van der Waals surface area contributed by atoms with Gasteiger partial charge in [-0.15, -0.1) is 0 Å². The normalized spacial score (nSPS) is 10.4. The van der Waals surface area contributed by atoms with Gasteiger partial charge in [0.2, 0.25) is 0 Å². The number of hydrogen-bond acceptors (Lipinski definition) is 2. The van der Waals surface area contributed by atoms with E-state index in [9.17, 15) is 0 Å². The van der Waals surface area contributed by atoms with Crippen LogP contribution in [0, 0.1) is 0 Å². The molecule has 14 heavy (non-hydrogen) atoms. The van der Waals surface area contributed by atoms with E-state index in [-0.39, 0.29) is 0 Å². The van der Waals surface area contributed by atoms with Gasteiger partial charge in [-0.2, -0.15) is 0 Å². The van der Waals surface area contributed by atoms with Crippen molar-refractivity contribution in [3.05, 3.63) is 36.0 Å². The van der Waals surface area contributed by atoms with Gasteiger partial charge >= 0.3 is 0 Å². The second kappa shape index (κ2) is 3.66. The van der Waals surface area contributed by atoms with Crippen molar-refractivity contribution in [2.24, 2.45) is 0 Å². The zero-order valence-corrected chi connectivity index (χ0v) is 8.54. The smallest absolute Gasteiger partial charge is 0.0935 e. The summed E-state index contributed by atoms with van der Waals surface area (Å²) in [5.41, 5.74) is 3.54. The Hall–Kier alpha value is -1.57. The topological polar surface area (TPSA) is 24.9 Å². The average molecular weight is 186 g/mol. The molecular weight excluding hydrogens is 172 g/mol. The van der Waals surface area contributed by atoms with E-state index in [1.54, 1.807) is 0 Å². The van der Waals surface area contributed by atoms with Crippen LogP contribution in [0.3, 0.4) is 0 Å². The van der Waals surface area contributed by atoms with Crippen LogP contribution in [0.2, 0.25) is 0 Å². The van der Waals surface area contributed by atoms with Gasteiger partial charge in [0.25, 0.3) is 0 Å². The van der Waals surface area contributed by atoms with Crippen molar-refractivity contribution in [1.82, 2.24) is 4.98 Å². The Bertz CT molecular complexity index is 449. The van der Waals surface area contributed by atoms with Crippen molar-refractivity contribution >= 4 is 16.6 Å². The molecule has 0 aliphatic rings. The standard InChI is InChI=1S/C12H14N2/c1-3-9-6-7-10-5-4-8-14-12(10)11(9)13-2/h4-8,13H,3H2,1-2H3.